The van der Waals surface area contributed by atoms with Crippen LogP contribution in [0.4, 0.5) is 5.69 Å². The molecule has 1 amide bonds. The summed E-state index contributed by atoms with van der Waals surface area (Å²) >= 11 is 0. The van der Waals surface area contributed by atoms with Gasteiger partial charge in [-0.15, -0.1) is 0 Å². The minimum Gasteiger partial charge on any atom is -0.471 e. The van der Waals surface area contributed by atoms with Crippen LogP contribution in [-0.2, 0) is 18.1 Å². The number of rotatable bonds is 7. The van der Waals surface area contributed by atoms with Crippen molar-refractivity contribution in [3.8, 4) is 5.75 Å². The van der Waals surface area contributed by atoms with Gasteiger partial charge in [0.2, 0.25) is 5.91 Å². The van der Waals surface area contributed by atoms with Crippen molar-refractivity contribution < 1.29 is 9.53 Å². The number of aryl methyl sites for hydroxylation is 4. The van der Waals surface area contributed by atoms with Crippen LogP contribution in [0.1, 0.15) is 23.1 Å². The standard InChI is InChI=1S/C19H23N5O2/c1-14-4-5-18(16(3)8-14)26-13-24-12-17(10-21-24)22-19(25)6-7-23-11-15(2)9-20-23/h4-5,8-12H,6-7,13H2,1-3H3,(H,22,25). The van der Waals surface area contributed by atoms with Gasteiger partial charge in [-0.25, -0.2) is 4.68 Å². The molecular weight excluding hydrogens is 330 g/mol. The molecule has 0 bridgehead atoms. The minimum atomic E-state index is -0.0759. The van der Waals surface area contributed by atoms with Gasteiger partial charge in [0.15, 0.2) is 6.73 Å². The van der Waals surface area contributed by atoms with Crippen LogP contribution >= 0.6 is 0 Å². The molecule has 3 rings (SSSR count). The molecule has 0 atom stereocenters. The van der Waals surface area contributed by atoms with E-state index in [1.54, 1.807) is 28.0 Å². The van der Waals surface area contributed by atoms with Crippen LogP contribution in [-0.4, -0.2) is 25.5 Å². The van der Waals surface area contributed by atoms with Crippen molar-refractivity contribution in [2.45, 2.75) is 40.5 Å². The first-order valence-electron chi connectivity index (χ1n) is 8.51. The number of nitrogens with one attached hydrogen (secondary N) is 1. The zero-order chi connectivity index (χ0) is 18.5. The first-order chi connectivity index (χ1) is 12.5. The van der Waals surface area contributed by atoms with Crippen LogP contribution < -0.4 is 10.1 Å². The maximum atomic E-state index is 12.0. The fourth-order valence-electron chi connectivity index (χ4n) is 2.62. The molecule has 1 N–H and O–H groups in total. The molecule has 0 aliphatic carbocycles. The Kier molecular flexibility index (Phi) is 5.36. The highest BCUT2D eigenvalue weighted by Gasteiger charge is 2.06. The van der Waals surface area contributed by atoms with E-state index in [1.165, 1.54) is 5.56 Å². The van der Waals surface area contributed by atoms with E-state index in [9.17, 15) is 4.79 Å². The summed E-state index contributed by atoms with van der Waals surface area (Å²) in [6.45, 7) is 6.86. The van der Waals surface area contributed by atoms with Gasteiger partial charge in [0.1, 0.15) is 5.75 Å². The van der Waals surface area contributed by atoms with E-state index < -0.39 is 0 Å². The zero-order valence-corrected chi connectivity index (χ0v) is 15.3. The summed E-state index contributed by atoms with van der Waals surface area (Å²) in [7, 11) is 0. The number of anilines is 1. The Morgan fingerprint density at radius 2 is 1.88 bits per heavy atom. The molecule has 0 fully saturated rings. The molecule has 0 spiro atoms. The Morgan fingerprint density at radius 1 is 1.08 bits per heavy atom. The van der Waals surface area contributed by atoms with Gasteiger partial charge in [-0.3, -0.25) is 9.48 Å². The lowest BCUT2D eigenvalue weighted by Crippen LogP contribution is -2.14. The molecule has 3 aromatic rings. The largest absolute Gasteiger partial charge is 0.471 e. The van der Waals surface area contributed by atoms with E-state index in [4.69, 9.17) is 4.74 Å². The van der Waals surface area contributed by atoms with Crippen molar-refractivity contribution in [3.05, 3.63) is 59.7 Å². The van der Waals surface area contributed by atoms with Gasteiger partial charge in [-0.1, -0.05) is 17.7 Å². The first-order valence-corrected chi connectivity index (χ1v) is 8.51. The Morgan fingerprint density at radius 3 is 2.62 bits per heavy atom. The molecule has 7 nitrogen and oxygen atoms in total. The highest BCUT2D eigenvalue weighted by Crippen LogP contribution is 2.19. The second kappa shape index (κ2) is 7.86. The highest BCUT2D eigenvalue weighted by molar-refractivity contribution is 5.90. The number of aromatic nitrogens is 4. The van der Waals surface area contributed by atoms with Crippen LogP contribution in [0.3, 0.4) is 0 Å². The third-order valence-electron chi connectivity index (χ3n) is 3.93. The monoisotopic (exact) mass is 353 g/mol. The number of ether oxygens (including phenoxy) is 1. The number of nitrogens with zero attached hydrogens (tertiary/aromatic N) is 4. The summed E-state index contributed by atoms with van der Waals surface area (Å²) in [5.74, 6) is 0.749. The second-order valence-corrected chi connectivity index (χ2v) is 6.39. The van der Waals surface area contributed by atoms with E-state index in [-0.39, 0.29) is 12.6 Å². The minimum absolute atomic E-state index is 0.0759. The predicted molar refractivity (Wildman–Crippen MR) is 99.0 cm³/mol. The third-order valence-corrected chi connectivity index (χ3v) is 3.93. The van der Waals surface area contributed by atoms with Gasteiger partial charge in [0.05, 0.1) is 24.3 Å². The Balaban J connectivity index is 1.48. The second-order valence-electron chi connectivity index (χ2n) is 6.39. The molecule has 0 unspecified atom stereocenters. The summed E-state index contributed by atoms with van der Waals surface area (Å²) in [5.41, 5.74) is 4.01. The van der Waals surface area contributed by atoms with Gasteiger partial charge < -0.3 is 10.1 Å². The van der Waals surface area contributed by atoms with Crippen LogP contribution in [0.5, 0.6) is 5.75 Å². The van der Waals surface area contributed by atoms with Gasteiger partial charge in [-0.2, -0.15) is 10.2 Å². The average molecular weight is 353 g/mol. The summed E-state index contributed by atoms with van der Waals surface area (Å²) in [6, 6.07) is 6.04. The lowest BCUT2D eigenvalue weighted by Gasteiger charge is -2.09. The molecule has 2 aromatic heterocycles. The molecular formula is C19H23N5O2. The summed E-state index contributed by atoms with van der Waals surface area (Å²) < 4.78 is 9.18. The van der Waals surface area contributed by atoms with E-state index in [0.717, 1.165) is 16.9 Å². The fourth-order valence-corrected chi connectivity index (χ4v) is 2.62. The quantitative estimate of drug-likeness (QED) is 0.708. The highest BCUT2D eigenvalue weighted by atomic mass is 16.5. The number of hydrogen-bond donors (Lipinski definition) is 1. The average Bonchev–Trinajstić information content (AvgIpc) is 3.21. The number of carbonyl (C=O) groups is 1. The molecule has 0 saturated heterocycles. The summed E-state index contributed by atoms with van der Waals surface area (Å²) in [4.78, 5) is 12.0. The molecule has 0 saturated carbocycles. The molecule has 7 heteroatoms. The van der Waals surface area contributed by atoms with E-state index in [2.05, 4.69) is 21.6 Å². The number of benzene rings is 1. The van der Waals surface area contributed by atoms with Crippen LogP contribution in [0, 0.1) is 20.8 Å². The Bertz CT molecular complexity index is 897. The molecule has 1 aromatic carbocycles. The molecule has 136 valence electrons. The molecule has 2 heterocycles. The van der Waals surface area contributed by atoms with Crippen molar-refractivity contribution >= 4 is 11.6 Å². The molecule has 0 radical (unpaired) electrons. The van der Waals surface area contributed by atoms with E-state index >= 15 is 0 Å². The van der Waals surface area contributed by atoms with Gasteiger partial charge in [0, 0.05) is 19.2 Å². The fraction of sp³-hybridized carbons (Fsp3) is 0.316. The maximum absolute atomic E-state index is 12.0. The third kappa shape index (κ3) is 4.72. The summed E-state index contributed by atoms with van der Waals surface area (Å²) in [5, 5.41) is 11.2. The maximum Gasteiger partial charge on any atom is 0.226 e. The molecule has 0 aliphatic rings. The Labute approximate surface area is 152 Å². The molecule has 26 heavy (non-hydrogen) atoms. The van der Waals surface area contributed by atoms with Gasteiger partial charge >= 0.3 is 0 Å². The van der Waals surface area contributed by atoms with Crippen molar-refractivity contribution in [1.29, 1.82) is 0 Å². The van der Waals surface area contributed by atoms with Crippen LogP contribution in [0.15, 0.2) is 43.0 Å². The number of carbonyl (C=O) groups excluding carboxylic acids is 1. The van der Waals surface area contributed by atoms with Crippen LogP contribution in [0.2, 0.25) is 0 Å². The normalized spacial score (nSPS) is 10.7. The van der Waals surface area contributed by atoms with Crippen molar-refractivity contribution in [3.63, 3.8) is 0 Å². The van der Waals surface area contributed by atoms with E-state index in [1.807, 2.05) is 39.1 Å². The number of hydrogen-bond acceptors (Lipinski definition) is 4. The summed E-state index contributed by atoms with van der Waals surface area (Å²) in [6.07, 6.45) is 7.40. The SMILES string of the molecule is Cc1ccc(OCn2cc(NC(=O)CCn3cc(C)cn3)cn2)c(C)c1. The van der Waals surface area contributed by atoms with Crippen molar-refractivity contribution in [2.24, 2.45) is 0 Å². The topological polar surface area (TPSA) is 74.0 Å². The Hall–Kier alpha value is -3.09. The van der Waals surface area contributed by atoms with Crippen LogP contribution in [0.25, 0.3) is 0 Å². The van der Waals surface area contributed by atoms with Gasteiger partial charge in [-0.05, 0) is 38.0 Å². The lowest BCUT2D eigenvalue weighted by atomic mass is 10.1. The zero-order valence-electron chi connectivity index (χ0n) is 15.3. The smallest absolute Gasteiger partial charge is 0.226 e. The first kappa shape index (κ1) is 17.7. The predicted octanol–water partition coefficient (Wildman–Crippen LogP) is 3.07. The lowest BCUT2D eigenvalue weighted by molar-refractivity contribution is -0.116. The van der Waals surface area contributed by atoms with E-state index in [0.29, 0.717) is 18.7 Å². The van der Waals surface area contributed by atoms with Crippen molar-refractivity contribution in [1.82, 2.24) is 19.6 Å². The molecule has 0 aliphatic heterocycles. The number of amides is 1. The van der Waals surface area contributed by atoms with Gasteiger partial charge in [0.25, 0.3) is 0 Å². The van der Waals surface area contributed by atoms with Crippen molar-refractivity contribution in [2.75, 3.05) is 5.32 Å².